The van der Waals surface area contributed by atoms with Crippen LogP contribution in [-0.2, 0) is 17.6 Å². The number of nitrogens with two attached hydrogens (primary N) is 1. The lowest BCUT2D eigenvalue weighted by atomic mass is 10.1. The first-order valence-corrected chi connectivity index (χ1v) is 8.47. The summed E-state index contributed by atoms with van der Waals surface area (Å²) in [5.41, 5.74) is 8.50. The lowest BCUT2D eigenvalue weighted by Gasteiger charge is -2.14. The minimum atomic E-state index is 0.00852. The van der Waals surface area contributed by atoms with E-state index in [1.807, 2.05) is 36.4 Å². The van der Waals surface area contributed by atoms with Crippen molar-refractivity contribution in [1.29, 1.82) is 0 Å². The summed E-state index contributed by atoms with van der Waals surface area (Å²) >= 11 is 0. The normalized spacial score (nSPS) is 10.3. The lowest BCUT2D eigenvalue weighted by Crippen LogP contribution is -2.25. The van der Waals surface area contributed by atoms with Gasteiger partial charge < -0.3 is 25.3 Å². The second kappa shape index (κ2) is 9.56. The van der Waals surface area contributed by atoms with Crippen molar-refractivity contribution >= 4 is 11.6 Å². The third kappa shape index (κ3) is 5.31. The smallest absolute Gasteiger partial charge is 0.220 e. The van der Waals surface area contributed by atoms with Gasteiger partial charge in [-0.05, 0) is 48.2 Å². The van der Waals surface area contributed by atoms with Gasteiger partial charge in [0.25, 0.3) is 0 Å². The van der Waals surface area contributed by atoms with Crippen LogP contribution in [0.3, 0.4) is 0 Å². The number of carbonyl (C=O) groups is 1. The molecule has 3 N–H and O–H groups in total. The van der Waals surface area contributed by atoms with Gasteiger partial charge >= 0.3 is 0 Å². The monoisotopic (exact) mass is 358 g/mol. The first kappa shape index (κ1) is 19.4. The zero-order valence-corrected chi connectivity index (χ0v) is 15.5. The Kier molecular flexibility index (Phi) is 7.14. The van der Waals surface area contributed by atoms with Crippen LogP contribution >= 0.6 is 0 Å². The maximum Gasteiger partial charge on any atom is 0.220 e. The van der Waals surface area contributed by atoms with Crippen LogP contribution in [0, 0.1) is 0 Å². The molecule has 2 aromatic carbocycles. The molecule has 0 unspecified atom stereocenters. The van der Waals surface area contributed by atoms with E-state index < -0.39 is 0 Å². The number of nitrogens with one attached hydrogen (secondary N) is 1. The van der Waals surface area contributed by atoms with Crippen molar-refractivity contribution in [3.05, 3.63) is 47.5 Å². The van der Waals surface area contributed by atoms with E-state index in [9.17, 15) is 4.79 Å². The minimum absolute atomic E-state index is 0.00852. The van der Waals surface area contributed by atoms with E-state index in [0.29, 0.717) is 36.6 Å². The fraction of sp³-hybridized carbons (Fsp3) is 0.350. The molecule has 2 aromatic rings. The number of ether oxygens (including phenoxy) is 3. The number of benzene rings is 2. The summed E-state index contributed by atoms with van der Waals surface area (Å²) in [6.45, 7) is 0.595. The Hall–Kier alpha value is -2.89. The molecular formula is C20H26N2O4. The summed E-state index contributed by atoms with van der Waals surface area (Å²) in [6, 6.07) is 11.4. The molecule has 0 fully saturated rings. The molecule has 0 aliphatic rings. The fourth-order valence-electron chi connectivity index (χ4n) is 2.66. The summed E-state index contributed by atoms with van der Waals surface area (Å²) < 4.78 is 16.0. The maximum atomic E-state index is 12.1. The summed E-state index contributed by atoms with van der Waals surface area (Å²) in [5.74, 6) is 1.73. The summed E-state index contributed by atoms with van der Waals surface area (Å²) in [6.07, 6.45) is 1.75. The van der Waals surface area contributed by atoms with E-state index in [1.165, 1.54) is 0 Å². The summed E-state index contributed by atoms with van der Waals surface area (Å²) in [4.78, 5) is 12.1. The molecule has 0 aliphatic heterocycles. The van der Waals surface area contributed by atoms with Crippen LogP contribution in [0.25, 0.3) is 0 Å². The average molecular weight is 358 g/mol. The lowest BCUT2D eigenvalue weighted by molar-refractivity contribution is -0.121. The Labute approximate surface area is 154 Å². The van der Waals surface area contributed by atoms with Crippen molar-refractivity contribution in [1.82, 2.24) is 5.32 Å². The third-order valence-corrected chi connectivity index (χ3v) is 4.08. The first-order valence-electron chi connectivity index (χ1n) is 8.47. The second-order valence-electron chi connectivity index (χ2n) is 5.88. The van der Waals surface area contributed by atoms with E-state index in [4.69, 9.17) is 19.9 Å². The molecule has 1 amide bonds. The van der Waals surface area contributed by atoms with Crippen LogP contribution < -0.4 is 25.3 Å². The van der Waals surface area contributed by atoms with Gasteiger partial charge in [-0.1, -0.05) is 12.1 Å². The highest BCUT2D eigenvalue weighted by molar-refractivity contribution is 5.76. The number of methoxy groups -OCH3 is 3. The van der Waals surface area contributed by atoms with Crippen LogP contribution in [0.1, 0.15) is 17.5 Å². The van der Waals surface area contributed by atoms with Gasteiger partial charge in [-0.15, -0.1) is 0 Å². The van der Waals surface area contributed by atoms with Gasteiger partial charge in [0.1, 0.15) is 0 Å². The fourth-order valence-corrected chi connectivity index (χ4v) is 2.66. The van der Waals surface area contributed by atoms with Gasteiger partial charge in [0.05, 0.1) is 21.3 Å². The Morgan fingerprint density at radius 1 is 0.923 bits per heavy atom. The molecule has 6 nitrogen and oxygen atoms in total. The molecule has 26 heavy (non-hydrogen) atoms. The molecule has 0 aromatic heterocycles. The van der Waals surface area contributed by atoms with Crippen molar-refractivity contribution < 1.29 is 19.0 Å². The van der Waals surface area contributed by atoms with Crippen molar-refractivity contribution in [2.24, 2.45) is 0 Å². The number of anilines is 1. The largest absolute Gasteiger partial charge is 0.493 e. The quantitative estimate of drug-likeness (QED) is 0.673. The molecule has 0 saturated carbocycles. The predicted molar refractivity (Wildman–Crippen MR) is 102 cm³/mol. The molecule has 2 rings (SSSR count). The van der Waals surface area contributed by atoms with Crippen LogP contribution in [0.15, 0.2) is 36.4 Å². The number of hydrogen-bond acceptors (Lipinski definition) is 5. The molecule has 140 valence electrons. The zero-order chi connectivity index (χ0) is 18.9. The standard InChI is InChI=1S/C20H26N2O4/c1-24-17-12-15(13-18(25-2)20(17)26-3)6-9-19(23)22-11-10-14-4-7-16(21)8-5-14/h4-5,7-8,12-13H,6,9-11,21H2,1-3H3,(H,22,23). The molecule has 0 atom stereocenters. The number of rotatable bonds is 9. The van der Waals surface area contributed by atoms with E-state index in [0.717, 1.165) is 23.2 Å². The number of carbonyl (C=O) groups excluding carboxylic acids is 1. The molecule has 0 aliphatic carbocycles. The van der Waals surface area contributed by atoms with Crippen LogP contribution in [0.5, 0.6) is 17.2 Å². The van der Waals surface area contributed by atoms with Crippen molar-refractivity contribution in [2.75, 3.05) is 33.6 Å². The van der Waals surface area contributed by atoms with Gasteiger partial charge in [0.15, 0.2) is 11.5 Å². The number of aryl methyl sites for hydroxylation is 1. The number of amides is 1. The minimum Gasteiger partial charge on any atom is -0.493 e. The zero-order valence-electron chi connectivity index (χ0n) is 15.5. The molecule has 0 radical (unpaired) electrons. The first-order chi connectivity index (χ1) is 12.6. The second-order valence-corrected chi connectivity index (χ2v) is 5.88. The Morgan fingerprint density at radius 3 is 2.08 bits per heavy atom. The summed E-state index contributed by atoms with van der Waals surface area (Å²) in [7, 11) is 4.71. The van der Waals surface area contributed by atoms with Crippen LogP contribution in [0.4, 0.5) is 5.69 Å². The van der Waals surface area contributed by atoms with Crippen molar-refractivity contribution in [2.45, 2.75) is 19.3 Å². The Morgan fingerprint density at radius 2 is 1.54 bits per heavy atom. The van der Waals surface area contributed by atoms with Crippen LogP contribution in [-0.4, -0.2) is 33.8 Å². The predicted octanol–water partition coefficient (Wildman–Crippen LogP) is 2.59. The van der Waals surface area contributed by atoms with Gasteiger partial charge in [-0.2, -0.15) is 0 Å². The molecule has 0 bridgehead atoms. The third-order valence-electron chi connectivity index (χ3n) is 4.08. The molecule has 0 spiro atoms. The van der Waals surface area contributed by atoms with Gasteiger partial charge in [0, 0.05) is 18.7 Å². The highest BCUT2D eigenvalue weighted by Crippen LogP contribution is 2.38. The molecule has 0 heterocycles. The summed E-state index contributed by atoms with van der Waals surface area (Å²) in [5, 5.41) is 2.94. The Bertz CT molecular complexity index is 704. The highest BCUT2D eigenvalue weighted by Gasteiger charge is 2.13. The van der Waals surface area contributed by atoms with Gasteiger partial charge in [0.2, 0.25) is 11.7 Å². The van der Waals surface area contributed by atoms with E-state index in [2.05, 4.69) is 5.32 Å². The molecule has 0 saturated heterocycles. The highest BCUT2D eigenvalue weighted by atomic mass is 16.5. The maximum absolute atomic E-state index is 12.1. The molecular weight excluding hydrogens is 332 g/mol. The van der Waals surface area contributed by atoms with E-state index in [-0.39, 0.29) is 5.91 Å². The van der Waals surface area contributed by atoms with E-state index >= 15 is 0 Å². The van der Waals surface area contributed by atoms with Gasteiger partial charge in [-0.25, -0.2) is 0 Å². The number of hydrogen-bond donors (Lipinski definition) is 2. The topological polar surface area (TPSA) is 82.8 Å². The van der Waals surface area contributed by atoms with E-state index in [1.54, 1.807) is 21.3 Å². The van der Waals surface area contributed by atoms with Crippen molar-refractivity contribution in [3.8, 4) is 17.2 Å². The SMILES string of the molecule is COc1cc(CCC(=O)NCCc2ccc(N)cc2)cc(OC)c1OC. The molecule has 6 heteroatoms. The van der Waals surface area contributed by atoms with Gasteiger partial charge in [-0.3, -0.25) is 4.79 Å². The number of nitrogen functional groups attached to an aromatic ring is 1. The van der Waals surface area contributed by atoms with Crippen LogP contribution in [0.2, 0.25) is 0 Å². The Balaban J connectivity index is 1.85. The average Bonchev–Trinajstić information content (AvgIpc) is 2.66. The van der Waals surface area contributed by atoms with Crippen molar-refractivity contribution in [3.63, 3.8) is 0 Å².